The van der Waals surface area contributed by atoms with E-state index in [1.807, 2.05) is 0 Å². The topological polar surface area (TPSA) is 164 Å². The Morgan fingerprint density at radius 2 is 1.69 bits per heavy atom. The van der Waals surface area contributed by atoms with E-state index in [1.165, 1.54) is 36.0 Å². The molecule has 0 saturated carbocycles. The summed E-state index contributed by atoms with van der Waals surface area (Å²) in [6.45, 7) is 0. The molecule has 3 rings (SSSR count). The monoisotopic (exact) mass is 477 g/mol. The van der Waals surface area contributed by atoms with Gasteiger partial charge >= 0.3 is 5.97 Å². The zero-order chi connectivity index (χ0) is 23.5. The van der Waals surface area contributed by atoms with Crippen LogP contribution in [0.1, 0.15) is 19.3 Å². The first kappa shape index (κ1) is 23.4. The number of carboxylic acids is 1. The molecule has 3 amide bonds. The van der Waals surface area contributed by atoms with Crippen LogP contribution in [0, 0.1) is 0 Å². The predicted octanol–water partition coefficient (Wildman–Crippen LogP) is 1.56. The molecule has 0 spiro atoms. The summed E-state index contributed by atoms with van der Waals surface area (Å²) in [6.07, 6.45) is -0.425. The molecule has 1 aliphatic heterocycles. The minimum absolute atomic E-state index is 0.0197. The number of benzene rings is 2. The first-order chi connectivity index (χ1) is 15.0. The Hall–Kier alpha value is -3.22. The Morgan fingerprint density at radius 1 is 1.06 bits per heavy atom. The summed E-state index contributed by atoms with van der Waals surface area (Å²) in [5, 5.41) is 15.6. The van der Waals surface area contributed by atoms with Crippen LogP contribution >= 0.6 is 11.8 Å². The van der Waals surface area contributed by atoms with Crippen LogP contribution in [0.25, 0.3) is 0 Å². The van der Waals surface area contributed by atoms with Crippen molar-refractivity contribution in [2.75, 3.05) is 10.2 Å². The van der Waals surface area contributed by atoms with Crippen molar-refractivity contribution >= 4 is 56.9 Å². The summed E-state index contributed by atoms with van der Waals surface area (Å²) in [7, 11) is -3.88. The van der Waals surface area contributed by atoms with Gasteiger partial charge < -0.3 is 10.4 Å². The van der Waals surface area contributed by atoms with Crippen molar-refractivity contribution in [3.63, 3.8) is 0 Å². The zero-order valence-electron chi connectivity index (χ0n) is 16.6. The molecule has 4 N–H and O–H groups in total. The van der Waals surface area contributed by atoms with E-state index in [4.69, 9.17) is 10.2 Å². The van der Waals surface area contributed by atoms with E-state index in [0.717, 1.165) is 4.90 Å². The summed E-state index contributed by atoms with van der Waals surface area (Å²) in [4.78, 5) is 49.0. The molecule has 10 nitrogen and oxygen atoms in total. The maximum atomic E-state index is 12.8. The third kappa shape index (κ3) is 5.72. The molecule has 1 atom stereocenters. The van der Waals surface area contributed by atoms with Gasteiger partial charge in [0.05, 0.1) is 22.3 Å². The smallest absolute Gasteiger partial charge is 0.303 e. The number of rotatable bonds is 8. The van der Waals surface area contributed by atoms with Gasteiger partial charge in [-0.3, -0.25) is 19.2 Å². The second-order valence-electron chi connectivity index (χ2n) is 6.88. The van der Waals surface area contributed by atoms with Crippen molar-refractivity contribution in [3.8, 4) is 0 Å². The molecule has 1 fully saturated rings. The van der Waals surface area contributed by atoms with Crippen molar-refractivity contribution in [3.05, 3.63) is 48.5 Å². The second-order valence-corrected chi connectivity index (χ2v) is 9.72. The van der Waals surface area contributed by atoms with Crippen molar-refractivity contribution in [1.82, 2.24) is 0 Å². The number of nitrogens with two attached hydrogens (primary N) is 1. The number of amides is 3. The number of primary sulfonamides is 1. The summed E-state index contributed by atoms with van der Waals surface area (Å²) in [6, 6.07) is 11.8. The van der Waals surface area contributed by atoms with Crippen LogP contribution in [0.3, 0.4) is 0 Å². The van der Waals surface area contributed by atoms with E-state index in [-0.39, 0.29) is 29.8 Å². The summed E-state index contributed by atoms with van der Waals surface area (Å²) in [5.41, 5.74) is 0.741. The van der Waals surface area contributed by atoms with E-state index < -0.39 is 39.0 Å². The van der Waals surface area contributed by atoms with Gasteiger partial charge in [0.2, 0.25) is 27.7 Å². The number of anilines is 2. The number of nitrogens with one attached hydrogen (secondary N) is 1. The van der Waals surface area contributed by atoms with E-state index in [1.54, 1.807) is 24.3 Å². The molecule has 1 heterocycles. The van der Waals surface area contributed by atoms with Crippen LogP contribution < -0.4 is 15.4 Å². The predicted molar refractivity (Wildman–Crippen MR) is 117 cm³/mol. The first-order valence-electron chi connectivity index (χ1n) is 9.32. The van der Waals surface area contributed by atoms with Crippen molar-refractivity contribution in [1.29, 1.82) is 0 Å². The van der Waals surface area contributed by atoms with Crippen molar-refractivity contribution in [2.24, 2.45) is 5.14 Å². The number of carbonyl (C=O) groups excluding carboxylic acids is 3. The van der Waals surface area contributed by atoms with Gasteiger partial charge in [-0.25, -0.2) is 18.5 Å². The minimum atomic E-state index is -3.88. The molecule has 1 aliphatic rings. The Labute approximate surface area is 187 Å². The van der Waals surface area contributed by atoms with Crippen LogP contribution in [0.4, 0.5) is 11.4 Å². The Balaban J connectivity index is 1.64. The van der Waals surface area contributed by atoms with Gasteiger partial charge in [-0.15, -0.1) is 11.8 Å². The van der Waals surface area contributed by atoms with E-state index in [9.17, 15) is 27.6 Å². The molecule has 0 bridgehead atoms. The van der Waals surface area contributed by atoms with Gasteiger partial charge in [-0.05, 0) is 48.5 Å². The number of carboxylic acid groups (broad SMARTS) is 1. The number of nitrogens with zero attached hydrogens (tertiary/aromatic N) is 1. The van der Waals surface area contributed by atoms with Gasteiger partial charge in [0.15, 0.2) is 0 Å². The zero-order valence-corrected chi connectivity index (χ0v) is 18.2. The molecule has 12 heteroatoms. The fourth-order valence-corrected chi connectivity index (χ4v) is 4.55. The van der Waals surface area contributed by atoms with Crippen LogP contribution in [-0.4, -0.2) is 42.5 Å². The third-order valence-electron chi connectivity index (χ3n) is 4.51. The van der Waals surface area contributed by atoms with Crippen LogP contribution in [0.15, 0.2) is 58.3 Å². The molecule has 168 valence electrons. The molecule has 1 saturated heterocycles. The van der Waals surface area contributed by atoms with Gasteiger partial charge in [0.25, 0.3) is 0 Å². The number of imide groups is 1. The molecule has 0 aromatic heterocycles. The van der Waals surface area contributed by atoms with Gasteiger partial charge in [0, 0.05) is 23.4 Å². The molecular weight excluding hydrogens is 458 g/mol. The third-order valence-corrected chi connectivity index (χ3v) is 6.64. The molecular formula is C20H19N3O7S2. The molecule has 1 unspecified atom stereocenters. The summed E-state index contributed by atoms with van der Waals surface area (Å²) in [5.74, 6) is -2.31. The van der Waals surface area contributed by atoms with Gasteiger partial charge in [-0.2, -0.15) is 0 Å². The summed E-state index contributed by atoms with van der Waals surface area (Å²) < 4.78 is 22.7. The molecule has 2 aromatic carbocycles. The molecule has 2 aromatic rings. The van der Waals surface area contributed by atoms with E-state index in [2.05, 4.69) is 5.32 Å². The van der Waals surface area contributed by atoms with Gasteiger partial charge in [0.1, 0.15) is 0 Å². The number of hydrogen-bond donors (Lipinski definition) is 3. The first-order valence-corrected chi connectivity index (χ1v) is 11.8. The lowest BCUT2D eigenvalue weighted by Gasteiger charge is -2.15. The number of aliphatic carboxylic acids is 1. The fourth-order valence-electron chi connectivity index (χ4n) is 2.98. The van der Waals surface area contributed by atoms with Crippen molar-refractivity contribution < 1.29 is 32.7 Å². The average Bonchev–Trinajstić information content (AvgIpc) is 3.00. The highest BCUT2D eigenvalue weighted by atomic mass is 32.2. The Bertz CT molecular complexity index is 1160. The maximum Gasteiger partial charge on any atom is 0.303 e. The quantitative estimate of drug-likeness (QED) is 0.482. The lowest BCUT2D eigenvalue weighted by atomic mass is 10.2. The van der Waals surface area contributed by atoms with Gasteiger partial charge in [-0.1, -0.05) is 0 Å². The Kier molecular flexibility index (Phi) is 6.96. The average molecular weight is 478 g/mol. The number of sulfonamides is 1. The second kappa shape index (κ2) is 9.51. The largest absolute Gasteiger partial charge is 0.481 e. The maximum absolute atomic E-state index is 12.8. The lowest BCUT2D eigenvalue weighted by Crippen LogP contribution is -2.31. The fraction of sp³-hybridized carbons (Fsp3) is 0.200. The molecule has 0 radical (unpaired) electrons. The molecule has 32 heavy (non-hydrogen) atoms. The highest BCUT2D eigenvalue weighted by Gasteiger charge is 2.40. The number of thioether (sulfide) groups is 1. The van der Waals surface area contributed by atoms with Crippen molar-refractivity contribution in [2.45, 2.75) is 34.3 Å². The van der Waals surface area contributed by atoms with E-state index >= 15 is 0 Å². The summed E-state index contributed by atoms with van der Waals surface area (Å²) >= 11 is 1.19. The van der Waals surface area contributed by atoms with Crippen LogP contribution in [0.2, 0.25) is 0 Å². The normalized spacial score (nSPS) is 16.3. The number of hydrogen-bond acceptors (Lipinski definition) is 7. The highest BCUT2D eigenvalue weighted by Crippen LogP contribution is 2.34. The highest BCUT2D eigenvalue weighted by molar-refractivity contribution is 8.00. The van der Waals surface area contributed by atoms with Crippen LogP contribution in [0.5, 0.6) is 0 Å². The molecule has 0 aliphatic carbocycles. The van der Waals surface area contributed by atoms with E-state index in [0.29, 0.717) is 10.6 Å². The minimum Gasteiger partial charge on any atom is -0.481 e. The lowest BCUT2D eigenvalue weighted by molar-refractivity contribution is -0.138. The standard InChI is InChI=1S/C20H19N3O7S2/c21-32(29,30)15-7-3-13(4-8-15)23-18(25)11-16(20(23)28)31-14-5-1-12(2-6-14)22-17(24)9-10-19(26)27/h1-8,16H,9-11H2,(H,22,24)(H,26,27)(H2,21,29,30). The van der Waals surface area contributed by atoms with Crippen LogP contribution in [-0.2, 0) is 29.2 Å². The SMILES string of the molecule is NS(=O)(=O)c1ccc(N2C(=O)CC(Sc3ccc(NC(=O)CCC(=O)O)cc3)C2=O)cc1. The Morgan fingerprint density at radius 3 is 2.25 bits per heavy atom. The number of carbonyl (C=O) groups is 4.